The Balaban J connectivity index is 1.98. The van der Waals surface area contributed by atoms with Gasteiger partial charge in [0.25, 0.3) is 0 Å². The highest BCUT2D eigenvalue weighted by Gasteiger charge is 2.30. The van der Waals surface area contributed by atoms with Gasteiger partial charge < -0.3 is 10.2 Å². The zero-order chi connectivity index (χ0) is 20.6. The van der Waals surface area contributed by atoms with Crippen LogP contribution in [0.1, 0.15) is 110 Å². The Morgan fingerprint density at radius 1 is 0.929 bits per heavy atom. The second-order valence-electron chi connectivity index (χ2n) is 8.00. The molecule has 1 rings (SSSR count). The SMILES string of the molecule is CCCCCCCC=CCCCCCCCCC(=O)C1=C(O)C(O)CCC1=O. The first-order chi connectivity index (χ1) is 13.6. The largest absolute Gasteiger partial charge is 0.509 e. The van der Waals surface area contributed by atoms with Crippen molar-refractivity contribution in [3.8, 4) is 0 Å². The molecule has 0 saturated carbocycles. The smallest absolute Gasteiger partial charge is 0.170 e. The minimum atomic E-state index is -1.06. The maximum Gasteiger partial charge on any atom is 0.170 e. The summed E-state index contributed by atoms with van der Waals surface area (Å²) < 4.78 is 0. The molecule has 2 N–H and O–H groups in total. The quantitative estimate of drug-likeness (QED) is 0.188. The molecule has 1 unspecified atom stereocenters. The van der Waals surface area contributed by atoms with E-state index in [4.69, 9.17) is 0 Å². The van der Waals surface area contributed by atoms with Crippen LogP contribution in [0.5, 0.6) is 0 Å². The van der Waals surface area contributed by atoms with Crippen molar-refractivity contribution in [1.82, 2.24) is 0 Å². The minimum absolute atomic E-state index is 0.138. The van der Waals surface area contributed by atoms with Gasteiger partial charge in [0.05, 0.1) is 0 Å². The molecule has 160 valence electrons. The summed E-state index contributed by atoms with van der Waals surface area (Å²) in [5, 5.41) is 19.4. The summed E-state index contributed by atoms with van der Waals surface area (Å²) in [6.45, 7) is 2.24. The lowest BCUT2D eigenvalue weighted by Gasteiger charge is -2.18. The average Bonchev–Trinajstić information content (AvgIpc) is 2.68. The highest BCUT2D eigenvalue weighted by molar-refractivity contribution is 6.21. The molecule has 0 fully saturated rings. The zero-order valence-electron chi connectivity index (χ0n) is 17.8. The van der Waals surface area contributed by atoms with Crippen LogP contribution in [-0.4, -0.2) is 27.9 Å². The number of ketones is 2. The molecule has 0 heterocycles. The van der Waals surface area contributed by atoms with Crippen LogP contribution in [0.2, 0.25) is 0 Å². The van der Waals surface area contributed by atoms with Crippen LogP contribution in [0.4, 0.5) is 0 Å². The number of aliphatic hydroxyl groups excluding tert-OH is 2. The lowest BCUT2D eigenvalue weighted by molar-refractivity contribution is -0.123. The molecule has 0 bridgehead atoms. The summed E-state index contributed by atoms with van der Waals surface area (Å²) in [5.41, 5.74) is -0.157. The van der Waals surface area contributed by atoms with Crippen molar-refractivity contribution in [3.63, 3.8) is 0 Å². The van der Waals surface area contributed by atoms with E-state index in [1.807, 2.05) is 0 Å². The van der Waals surface area contributed by atoms with E-state index >= 15 is 0 Å². The first-order valence-corrected chi connectivity index (χ1v) is 11.4. The Bertz CT molecular complexity index is 519. The highest BCUT2D eigenvalue weighted by atomic mass is 16.3. The number of carbonyl (C=O) groups is 2. The van der Waals surface area contributed by atoms with Gasteiger partial charge in [0.1, 0.15) is 17.4 Å². The maximum atomic E-state index is 12.1. The van der Waals surface area contributed by atoms with Crippen LogP contribution >= 0.6 is 0 Å². The number of hydrogen-bond donors (Lipinski definition) is 2. The van der Waals surface area contributed by atoms with Crippen molar-refractivity contribution in [3.05, 3.63) is 23.5 Å². The van der Waals surface area contributed by atoms with E-state index < -0.39 is 11.9 Å². The number of allylic oxidation sites excluding steroid dienone is 3. The van der Waals surface area contributed by atoms with Gasteiger partial charge >= 0.3 is 0 Å². The van der Waals surface area contributed by atoms with E-state index in [1.165, 1.54) is 57.8 Å². The summed E-state index contributed by atoms with van der Waals surface area (Å²) in [7, 11) is 0. The Morgan fingerprint density at radius 3 is 2.07 bits per heavy atom. The Hall–Kier alpha value is -1.42. The van der Waals surface area contributed by atoms with Crippen LogP contribution in [0.15, 0.2) is 23.5 Å². The van der Waals surface area contributed by atoms with E-state index in [-0.39, 0.29) is 36.4 Å². The van der Waals surface area contributed by atoms with Crippen LogP contribution in [0.3, 0.4) is 0 Å². The van der Waals surface area contributed by atoms with Crippen LogP contribution in [0.25, 0.3) is 0 Å². The number of rotatable bonds is 16. The molecule has 1 aliphatic carbocycles. The molecule has 4 heteroatoms. The fourth-order valence-corrected chi connectivity index (χ4v) is 3.62. The predicted molar refractivity (Wildman–Crippen MR) is 114 cm³/mol. The molecule has 0 aliphatic heterocycles. The molecule has 1 aliphatic rings. The third-order valence-electron chi connectivity index (χ3n) is 5.44. The Morgan fingerprint density at radius 2 is 1.46 bits per heavy atom. The summed E-state index contributed by atoms with van der Waals surface area (Å²) in [6, 6.07) is 0. The second-order valence-corrected chi connectivity index (χ2v) is 8.00. The lowest BCUT2D eigenvalue weighted by atomic mass is 9.89. The van der Waals surface area contributed by atoms with Gasteiger partial charge in [-0.15, -0.1) is 0 Å². The maximum absolute atomic E-state index is 12.1. The summed E-state index contributed by atoms with van der Waals surface area (Å²) >= 11 is 0. The van der Waals surface area contributed by atoms with Gasteiger partial charge in [-0.2, -0.15) is 0 Å². The van der Waals surface area contributed by atoms with Crippen molar-refractivity contribution in [1.29, 1.82) is 0 Å². The van der Waals surface area contributed by atoms with Crippen LogP contribution in [-0.2, 0) is 9.59 Å². The van der Waals surface area contributed by atoms with Gasteiger partial charge in [-0.1, -0.05) is 70.4 Å². The molecular formula is C24H40O4. The van der Waals surface area contributed by atoms with Crippen molar-refractivity contribution in [2.45, 2.75) is 116 Å². The highest BCUT2D eigenvalue weighted by Crippen LogP contribution is 2.23. The topological polar surface area (TPSA) is 74.6 Å². The van der Waals surface area contributed by atoms with E-state index in [2.05, 4.69) is 19.1 Å². The fourth-order valence-electron chi connectivity index (χ4n) is 3.62. The molecular weight excluding hydrogens is 352 g/mol. The van der Waals surface area contributed by atoms with E-state index in [1.54, 1.807) is 0 Å². The molecule has 4 nitrogen and oxygen atoms in total. The van der Waals surface area contributed by atoms with Crippen molar-refractivity contribution < 1.29 is 19.8 Å². The van der Waals surface area contributed by atoms with Gasteiger partial charge in [0.2, 0.25) is 0 Å². The third-order valence-corrected chi connectivity index (χ3v) is 5.44. The Labute approximate surface area is 171 Å². The molecule has 0 aromatic carbocycles. The number of hydrogen-bond acceptors (Lipinski definition) is 4. The summed E-state index contributed by atoms with van der Waals surface area (Å²) in [5.74, 6) is -1.07. The zero-order valence-corrected chi connectivity index (χ0v) is 17.8. The van der Waals surface area contributed by atoms with Crippen molar-refractivity contribution in [2.75, 3.05) is 0 Å². The van der Waals surface area contributed by atoms with Crippen molar-refractivity contribution >= 4 is 11.6 Å². The van der Waals surface area contributed by atoms with Gasteiger partial charge in [-0.05, 0) is 38.5 Å². The van der Waals surface area contributed by atoms with Crippen LogP contribution < -0.4 is 0 Å². The predicted octanol–water partition coefficient (Wildman–Crippen LogP) is 6.13. The van der Waals surface area contributed by atoms with Gasteiger partial charge in [0, 0.05) is 12.8 Å². The molecule has 1 atom stereocenters. The van der Waals surface area contributed by atoms with E-state index in [0.29, 0.717) is 0 Å². The third kappa shape index (κ3) is 10.2. The number of unbranched alkanes of at least 4 members (excludes halogenated alkanes) is 11. The number of aliphatic hydroxyl groups is 2. The molecule has 0 amide bonds. The Kier molecular flexibility index (Phi) is 13.6. The molecule has 0 spiro atoms. The fraction of sp³-hybridized carbons (Fsp3) is 0.750. The normalized spacial score (nSPS) is 17.6. The van der Waals surface area contributed by atoms with Crippen LogP contribution in [0, 0.1) is 0 Å². The van der Waals surface area contributed by atoms with Crippen molar-refractivity contribution in [2.24, 2.45) is 0 Å². The average molecular weight is 393 g/mol. The van der Waals surface area contributed by atoms with E-state index in [9.17, 15) is 19.8 Å². The monoisotopic (exact) mass is 392 g/mol. The standard InChI is InChI=1S/C24H40O4/c1-2-3-4-5-6-7-8-9-10-11-12-13-14-15-16-17-20(25)23-21(26)18-19-22(27)24(23)28/h8-9,22,27-28H,2-7,10-19H2,1H3. The lowest BCUT2D eigenvalue weighted by Crippen LogP contribution is -2.27. The second kappa shape index (κ2) is 15.5. The molecule has 0 aromatic heterocycles. The number of carbonyl (C=O) groups excluding carboxylic acids is 2. The first kappa shape index (κ1) is 24.6. The molecule has 0 radical (unpaired) electrons. The van der Waals surface area contributed by atoms with Gasteiger partial charge in [-0.3, -0.25) is 9.59 Å². The molecule has 0 aromatic rings. The van der Waals surface area contributed by atoms with Gasteiger partial charge in [-0.25, -0.2) is 0 Å². The molecule has 0 saturated heterocycles. The van der Waals surface area contributed by atoms with Gasteiger partial charge in [0.15, 0.2) is 11.6 Å². The summed E-state index contributed by atoms with van der Waals surface area (Å²) in [4.78, 5) is 23.9. The van der Waals surface area contributed by atoms with E-state index in [0.717, 1.165) is 25.7 Å². The summed E-state index contributed by atoms with van der Waals surface area (Å²) in [6.07, 6.45) is 19.7. The minimum Gasteiger partial charge on any atom is -0.509 e. The number of Topliss-reactive ketones (excluding diaryl/α,β-unsaturated/α-hetero) is 2. The molecule has 28 heavy (non-hydrogen) atoms. The first-order valence-electron chi connectivity index (χ1n) is 11.4.